The van der Waals surface area contributed by atoms with E-state index in [1.165, 1.54) is 6.08 Å². The maximum Gasteiger partial charge on any atom is 0.331 e. The molecular formula is C22H25NO5. The Morgan fingerprint density at radius 2 is 1.50 bits per heavy atom. The van der Waals surface area contributed by atoms with Crippen LogP contribution in [0.3, 0.4) is 0 Å². The van der Waals surface area contributed by atoms with Gasteiger partial charge >= 0.3 is 5.97 Å². The Labute approximate surface area is 165 Å². The van der Waals surface area contributed by atoms with Gasteiger partial charge in [0, 0.05) is 17.8 Å². The minimum atomic E-state index is -0.616. The van der Waals surface area contributed by atoms with E-state index in [1.54, 1.807) is 38.5 Å². The van der Waals surface area contributed by atoms with Crippen molar-refractivity contribution in [2.45, 2.75) is 20.8 Å². The molecule has 2 aromatic carbocycles. The first kappa shape index (κ1) is 21.0. The van der Waals surface area contributed by atoms with Crippen LogP contribution in [0.4, 0.5) is 5.69 Å². The summed E-state index contributed by atoms with van der Waals surface area (Å²) in [5.74, 6) is 0.209. The molecule has 0 fully saturated rings. The molecule has 1 amide bonds. The molecule has 2 rings (SSSR count). The molecule has 0 aliphatic heterocycles. The van der Waals surface area contributed by atoms with E-state index in [1.807, 2.05) is 32.9 Å². The molecule has 0 unspecified atom stereocenters. The lowest BCUT2D eigenvalue weighted by atomic mass is 10.1. The van der Waals surface area contributed by atoms with Crippen molar-refractivity contribution in [3.05, 3.63) is 58.7 Å². The van der Waals surface area contributed by atoms with Gasteiger partial charge < -0.3 is 19.5 Å². The third kappa shape index (κ3) is 5.87. The van der Waals surface area contributed by atoms with Crippen LogP contribution >= 0.6 is 0 Å². The SMILES string of the molecule is COc1cc(/C=C/C(=O)OCC(=O)Nc2c(C)cc(C)cc2C)cc(OC)c1. The number of amides is 1. The summed E-state index contributed by atoms with van der Waals surface area (Å²) in [6, 6.07) is 9.21. The lowest BCUT2D eigenvalue weighted by Crippen LogP contribution is -2.21. The number of ether oxygens (including phenoxy) is 3. The number of benzene rings is 2. The van der Waals surface area contributed by atoms with E-state index in [0.717, 1.165) is 22.4 Å². The van der Waals surface area contributed by atoms with Crippen LogP contribution in [0.25, 0.3) is 6.08 Å². The molecule has 148 valence electrons. The minimum Gasteiger partial charge on any atom is -0.497 e. The summed E-state index contributed by atoms with van der Waals surface area (Å²) in [4.78, 5) is 24.0. The number of rotatable bonds is 7. The van der Waals surface area contributed by atoms with Gasteiger partial charge in [-0.15, -0.1) is 0 Å². The average molecular weight is 383 g/mol. The highest BCUT2D eigenvalue weighted by Crippen LogP contribution is 2.23. The first-order valence-corrected chi connectivity index (χ1v) is 8.78. The normalized spacial score (nSPS) is 10.6. The fourth-order valence-electron chi connectivity index (χ4n) is 2.83. The van der Waals surface area contributed by atoms with Crippen molar-refractivity contribution in [3.8, 4) is 11.5 Å². The van der Waals surface area contributed by atoms with Gasteiger partial charge in [0.15, 0.2) is 6.61 Å². The molecule has 0 bridgehead atoms. The van der Waals surface area contributed by atoms with Crippen molar-refractivity contribution in [1.82, 2.24) is 0 Å². The summed E-state index contributed by atoms with van der Waals surface area (Å²) >= 11 is 0. The van der Waals surface area contributed by atoms with Crippen molar-refractivity contribution >= 4 is 23.6 Å². The Kier molecular flexibility index (Phi) is 7.21. The fourth-order valence-corrected chi connectivity index (χ4v) is 2.83. The molecule has 6 heteroatoms. The summed E-state index contributed by atoms with van der Waals surface area (Å²) in [6.45, 7) is 5.48. The van der Waals surface area contributed by atoms with Crippen LogP contribution in [-0.4, -0.2) is 32.7 Å². The Morgan fingerprint density at radius 3 is 2.04 bits per heavy atom. The van der Waals surface area contributed by atoms with Crippen LogP contribution in [-0.2, 0) is 14.3 Å². The van der Waals surface area contributed by atoms with Crippen LogP contribution in [0.2, 0.25) is 0 Å². The predicted octanol–water partition coefficient (Wildman–Crippen LogP) is 3.82. The number of aryl methyl sites for hydroxylation is 3. The third-order valence-electron chi connectivity index (χ3n) is 4.07. The molecule has 0 atom stereocenters. The number of nitrogens with one attached hydrogen (secondary N) is 1. The lowest BCUT2D eigenvalue weighted by Gasteiger charge is -2.12. The largest absolute Gasteiger partial charge is 0.497 e. The molecule has 0 aromatic heterocycles. The zero-order valence-corrected chi connectivity index (χ0v) is 16.8. The van der Waals surface area contributed by atoms with E-state index in [4.69, 9.17) is 14.2 Å². The molecule has 0 aliphatic rings. The third-order valence-corrected chi connectivity index (χ3v) is 4.07. The Hall–Kier alpha value is -3.28. The van der Waals surface area contributed by atoms with E-state index in [0.29, 0.717) is 17.1 Å². The Balaban J connectivity index is 1.94. The second-order valence-corrected chi connectivity index (χ2v) is 6.41. The van der Waals surface area contributed by atoms with Crippen molar-refractivity contribution in [2.24, 2.45) is 0 Å². The number of carbonyl (C=O) groups is 2. The Bertz CT molecular complexity index is 857. The molecular weight excluding hydrogens is 358 g/mol. The van der Waals surface area contributed by atoms with E-state index in [9.17, 15) is 9.59 Å². The van der Waals surface area contributed by atoms with Gasteiger partial charge in [0.2, 0.25) is 0 Å². The molecule has 0 aliphatic carbocycles. The number of anilines is 1. The minimum absolute atomic E-state index is 0.364. The van der Waals surface area contributed by atoms with Gasteiger partial charge in [0.25, 0.3) is 5.91 Å². The molecule has 1 N–H and O–H groups in total. The van der Waals surface area contributed by atoms with Crippen molar-refractivity contribution < 1.29 is 23.8 Å². The van der Waals surface area contributed by atoms with Crippen LogP contribution < -0.4 is 14.8 Å². The van der Waals surface area contributed by atoms with Gasteiger partial charge in [0.05, 0.1) is 14.2 Å². The van der Waals surface area contributed by atoms with Gasteiger partial charge in [0.1, 0.15) is 11.5 Å². The van der Waals surface area contributed by atoms with Gasteiger partial charge in [-0.05, 0) is 55.7 Å². The van der Waals surface area contributed by atoms with Crippen molar-refractivity contribution in [3.63, 3.8) is 0 Å². The number of hydrogen-bond donors (Lipinski definition) is 1. The maximum atomic E-state index is 12.1. The zero-order valence-electron chi connectivity index (χ0n) is 16.8. The van der Waals surface area contributed by atoms with Crippen LogP contribution in [0, 0.1) is 20.8 Å². The molecule has 2 aromatic rings. The molecule has 0 saturated carbocycles. The predicted molar refractivity (Wildman–Crippen MR) is 109 cm³/mol. The first-order valence-electron chi connectivity index (χ1n) is 8.78. The first-order chi connectivity index (χ1) is 13.3. The van der Waals surface area contributed by atoms with E-state index < -0.39 is 5.97 Å². The fraction of sp³-hybridized carbons (Fsp3) is 0.273. The summed E-state index contributed by atoms with van der Waals surface area (Å²) in [5.41, 5.74) is 4.50. The standard InChI is InChI=1S/C22H25NO5/c1-14-8-15(2)22(16(3)9-14)23-20(24)13-28-21(25)7-6-17-10-18(26-4)12-19(11-17)27-5/h6-12H,13H2,1-5H3,(H,23,24)/b7-6+. The monoisotopic (exact) mass is 383 g/mol. The van der Waals surface area contributed by atoms with Gasteiger partial charge in [-0.3, -0.25) is 4.79 Å². The quantitative estimate of drug-likeness (QED) is 0.581. The van der Waals surface area contributed by atoms with Gasteiger partial charge in [-0.25, -0.2) is 4.79 Å². The summed E-state index contributed by atoms with van der Waals surface area (Å²) in [6.07, 6.45) is 2.82. The van der Waals surface area contributed by atoms with Crippen LogP contribution in [0.1, 0.15) is 22.3 Å². The smallest absolute Gasteiger partial charge is 0.331 e. The summed E-state index contributed by atoms with van der Waals surface area (Å²) in [5, 5.41) is 2.79. The number of esters is 1. The molecule has 0 spiro atoms. The molecule has 0 saturated heterocycles. The summed E-state index contributed by atoms with van der Waals surface area (Å²) < 4.78 is 15.4. The topological polar surface area (TPSA) is 73.9 Å². The second-order valence-electron chi connectivity index (χ2n) is 6.41. The number of carbonyl (C=O) groups excluding carboxylic acids is 2. The zero-order chi connectivity index (χ0) is 20.7. The average Bonchev–Trinajstić information content (AvgIpc) is 2.67. The van der Waals surface area contributed by atoms with Gasteiger partial charge in [-0.1, -0.05) is 17.7 Å². The number of hydrogen-bond acceptors (Lipinski definition) is 5. The lowest BCUT2D eigenvalue weighted by molar-refractivity contribution is -0.142. The summed E-state index contributed by atoms with van der Waals surface area (Å²) in [7, 11) is 3.10. The van der Waals surface area contributed by atoms with Crippen molar-refractivity contribution in [1.29, 1.82) is 0 Å². The molecule has 0 radical (unpaired) electrons. The van der Waals surface area contributed by atoms with Crippen molar-refractivity contribution in [2.75, 3.05) is 26.1 Å². The molecule has 6 nitrogen and oxygen atoms in total. The highest BCUT2D eigenvalue weighted by molar-refractivity contribution is 5.95. The second kappa shape index (κ2) is 9.60. The van der Waals surface area contributed by atoms with Gasteiger partial charge in [-0.2, -0.15) is 0 Å². The highest BCUT2D eigenvalue weighted by Gasteiger charge is 2.10. The van der Waals surface area contributed by atoms with Crippen LogP contribution in [0.5, 0.6) is 11.5 Å². The van der Waals surface area contributed by atoms with E-state index in [2.05, 4.69) is 5.32 Å². The maximum absolute atomic E-state index is 12.1. The van der Waals surface area contributed by atoms with E-state index in [-0.39, 0.29) is 12.5 Å². The molecule has 0 heterocycles. The number of methoxy groups -OCH3 is 2. The molecule has 28 heavy (non-hydrogen) atoms. The van der Waals surface area contributed by atoms with Crippen LogP contribution in [0.15, 0.2) is 36.4 Å². The highest BCUT2D eigenvalue weighted by atomic mass is 16.5. The Morgan fingerprint density at radius 1 is 0.929 bits per heavy atom. The van der Waals surface area contributed by atoms with E-state index >= 15 is 0 Å².